The molecule has 0 unspecified atom stereocenters. The first-order chi connectivity index (χ1) is 14.2. The zero-order valence-corrected chi connectivity index (χ0v) is 17.3. The van der Waals surface area contributed by atoms with Crippen molar-refractivity contribution in [2.75, 3.05) is 5.32 Å². The molecular formula is C20H16BrFN4O4. The normalized spacial score (nSPS) is 10.6. The fraction of sp³-hybridized carbons (Fsp3) is 0.150. The van der Waals surface area contributed by atoms with Crippen molar-refractivity contribution in [3.05, 3.63) is 96.1 Å². The van der Waals surface area contributed by atoms with E-state index in [4.69, 9.17) is 0 Å². The van der Waals surface area contributed by atoms with E-state index < -0.39 is 22.9 Å². The molecule has 3 aromatic rings. The minimum absolute atomic E-state index is 0.0143. The van der Waals surface area contributed by atoms with E-state index in [1.165, 1.54) is 24.3 Å². The van der Waals surface area contributed by atoms with E-state index in [-0.39, 0.29) is 23.6 Å². The Kier molecular flexibility index (Phi) is 6.36. The van der Waals surface area contributed by atoms with Gasteiger partial charge in [0.2, 0.25) is 5.91 Å². The van der Waals surface area contributed by atoms with E-state index in [1.54, 1.807) is 31.2 Å². The van der Waals surface area contributed by atoms with Crippen LogP contribution in [-0.4, -0.2) is 20.6 Å². The van der Waals surface area contributed by atoms with Gasteiger partial charge < -0.3 is 5.32 Å². The third-order valence-electron chi connectivity index (χ3n) is 4.20. The summed E-state index contributed by atoms with van der Waals surface area (Å²) in [6.07, 6.45) is 0.252. The van der Waals surface area contributed by atoms with E-state index in [9.17, 15) is 24.1 Å². The lowest BCUT2D eigenvalue weighted by Gasteiger charge is -2.10. The molecule has 0 spiro atoms. The van der Waals surface area contributed by atoms with Crippen LogP contribution in [-0.2, 0) is 17.8 Å². The molecule has 3 rings (SSSR count). The summed E-state index contributed by atoms with van der Waals surface area (Å²) < 4.78 is 14.6. The number of benzene rings is 2. The highest BCUT2D eigenvalue weighted by Gasteiger charge is 2.18. The summed E-state index contributed by atoms with van der Waals surface area (Å²) in [6, 6.07) is 11.6. The molecule has 0 aliphatic heterocycles. The average molecular weight is 475 g/mol. The van der Waals surface area contributed by atoms with Crippen LogP contribution < -0.4 is 10.9 Å². The molecule has 2 aromatic carbocycles. The maximum atomic E-state index is 13.1. The summed E-state index contributed by atoms with van der Waals surface area (Å²) in [5.41, 5.74) is 0.927. The van der Waals surface area contributed by atoms with Crippen molar-refractivity contribution >= 4 is 33.2 Å². The molecule has 0 saturated heterocycles. The van der Waals surface area contributed by atoms with Gasteiger partial charge in [-0.05, 0) is 42.8 Å². The van der Waals surface area contributed by atoms with Crippen LogP contribution in [0.4, 0.5) is 15.8 Å². The molecule has 0 saturated carbocycles. The van der Waals surface area contributed by atoms with E-state index >= 15 is 0 Å². The standard InChI is InChI=1S/C20H16BrFN4O4/c1-12-8-14(9-13-2-5-16(22)6-3-13)20(28)25(24-12)11-19(27)23-17-7-4-15(21)10-18(17)26(29)30/h2-8,10H,9,11H2,1H3,(H,23,27). The Morgan fingerprint density at radius 3 is 2.60 bits per heavy atom. The van der Waals surface area contributed by atoms with E-state index in [2.05, 4.69) is 26.3 Å². The molecule has 0 aliphatic rings. The molecule has 30 heavy (non-hydrogen) atoms. The smallest absolute Gasteiger partial charge is 0.293 e. The topological polar surface area (TPSA) is 107 Å². The van der Waals surface area contributed by atoms with Gasteiger partial charge in [-0.15, -0.1) is 0 Å². The van der Waals surface area contributed by atoms with E-state index in [1.807, 2.05) is 0 Å². The Labute approximate surface area is 178 Å². The number of nitrogens with zero attached hydrogens (tertiary/aromatic N) is 3. The maximum absolute atomic E-state index is 13.1. The number of hydrogen-bond donors (Lipinski definition) is 1. The molecule has 8 nitrogen and oxygen atoms in total. The SMILES string of the molecule is Cc1cc(Cc2ccc(F)cc2)c(=O)n(CC(=O)Nc2ccc(Br)cc2[N+](=O)[O-])n1. The van der Waals surface area contributed by atoms with Crippen LogP contribution in [0.2, 0.25) is 0 Å². The number of nitro groups is 1. The molecule has 1 amide bonds. The predicted octanol–water partition coefficient (Wildman–Crippen LogP) is 3.59. The number of anilines is 1. The summed E-state index contributed by atoms with van der Waals surface area (Å²) in [6.45, 7) is 1.27. The number of nitro benzene ring substituents is 1. The van der Waals surface area contributed by atoms with Gasteiger partial charge in [-0.1, -0.05) is 28.1 Å². The van der Waals surface area contributed by atoms with Crippen LogP contribution >= 0.6 is 15.9 Å². The molecule has 0 radical (unpaired) electrons. The zero-order valence-electron chi connectivity index (χ0n) is 15.8. The number of halogens is 2. The predicted molar refractivity (Wildman–Crippen MR) is 112 cm³/mol. The Morgan fingerprint density at radius 1 is 1.23 bits per heavy atom. The Balaban J connectivity index is 1.82. The van der Waals surface area contributed by atoms with Crippen molar-refractivity contribution in [2.45, 2.75) is 19.9 Å². The van der Waals surface area contributed by atoms with Gasteiger partial charge in [0.25, 0.3) is 11.2 Å². The van der Waals surface area contributed by atoms with E-state index in [0.717, 1.165) is 10.2 Å². The second-order valence-electron chi connectivity index (χ2n) is 6.54. The minimum Gasteiger partial charge on any atom is -0.319 e. The van der Waals surface area contributed by atoms with Crippen molar-refractivity contribution in [1.82, 2.24) is 9.78 Å². The van der Waals surface area contributed by atoms with Crippen LogP contribution in [0.5, 0.6) is 0 Å². The monoisotopic (exact) mass is 474 g/mol. The highest BCUT2D eigenvalue weighted by molar-refractivity contribution is 9.10. The summed E-state index contributed by atoms with van der Waals surface area (Å²) in [7, 11) is 0. The fourth-order valence-corrected chi connectivity index (χ4v) is 3.24. The Bertz CT molecular complexity index is 1180. The molecule has 0 aliphatic carbocycles. The number of hydrogen-bond acceptors (Lipinski definition) is 5. The van der Waals surface area contributed by atoms with Gasteiger partial charge in [0.1, 0.15) is 18.0 Å². The second kappa shape index (κ2) is 8.95. The average Bonchev–Trinajstić information content (AvgIpc) is 2.68. The highest BCUT2D eigenvalue weighted by atomic mass is 79.9. The van der Waals surface area contributed by atoms with Crippen LogP contribution in [0, 0.1) is 22.9 Å². The minimum atomic E-state index is -0.631. The number of aryl methyl sites for hydroxylation is 1. The van der Waals surface area contributed by atoms with Crippen molar-refractivity contribution < 1.29 is 14.1 Å². The lowest BCUT2D eigenvalue weighted by atomic mass is 10.1. The first-order valence-electron chi connectivity index (χ1n) is 8.79. The first kappa shape index (κ1) is 21.3. The van der Waals surface area contributed by atoms with Gasteiger partial charge in [-0.2, -0.15) is 5.10 Å². The summed E-state index contributed by atoms with van der Waals surface area (Å²) in [5, 5.41) is 17.7. The van der Waals surface area contributed by atoms with Crippen molar-refractivity contribution in [2.24, 2.45) is 0 Å². The van der Waals surface area contributed by atoms with Crippen molar-refractivity contribution in [1.29, 1.82) is 0 Å². The number of aromatic nitrogens is 2. The van der Waals surface area contributed by atoms with Crippen molar-refractivity contribution in [3.8, 4) is 0 Å². The quantitative estimate of drug-likeness (QED) is 0.433. The highest BCUT2D eigenvalue weighted by Crippen LogP contribution is 2.27. The van der Waals surface area contributed by atoms with Gasteiger partial charge in [-0.3, -0.25) is 19.7 Å². The molecule has 1 heterocycles. The van der Waals surface area contributed by atoms with Gasteiger partial charge in [0.15, 0.2) is 0 Å². The second-order valence-corrected chi connectivity index (χ2v) is 7.46. The molecular weight excluding hydrogens is 459 g/mol. The molecule has 1 aromatic heterocycles. The third-order valence-corrected chi connectivity index (χ3v) is 4.70. The van der Waals surface area contributed by atoms with Crippen LogP contribution in [0.15, 0.2) is 57.8 Å². The van der Waals surface area contributed by atoms with Crippen LogP contribution in [0.25, 0.3) is 0 Å². The summed E-state index contributed by atoms with van der Waals surface area (Å²) in [4.78, 5) is 35.7. The number of nitrogens with one attached hydrogen (secondary N) is 1. The maximum Gasteiger partial charge on any atom is 0.293 e. The number of amides is 1. The largest absolute Gasteiger partial charge is 0.319 e. The summed E-state index contributed by atoms with van der Waals surface area (Å²) >= 11 is 3.15. The first-order valence-corrected chi connectivity index (χ1v) is 9.58. The van der Waals surface area contributed by atoms with Gasteiger partial charge in [0, 0.05) is 22.5 Å². The fourth-order valence-electron chi connectivity index (χ4n) is 2.89. The molecule has 0 bridgehead atoms. The molecule has 10 heteroatoms. The molecule has 1 N–H and O–H groups in total. The Hall–Kier alpha value is -3.40. The molecule has 0 fully saturated rings. The molecule has 154 valence electrons. The van der Waals surface area contributed by atoms with E-state index in [0.29, 0.717) is 15.7 Å². The van der Waals surface area contributed by atoms with Crippen LogP contribution in [0.1, 0.15) is 16.8 Å². The number of rotatable bonds is 6. The lowest BCUT2D eigenvalue weighted by Crippen LogP contribution is -2.32. The number of carbonyl (C=O) groups excluding carboxylic acids is 1. The van der Waals surface area contributed by atoms with Gasteiger partial charge in [0.05, 0.1) is 10.6 Å². The third kappa shape index (κ3) is 5.15. The lowest BCUT2D eigenvalue weighted by molar-refractivity contribution is -0.384. The van der Waals surface area contributed by atoms with Crippen molar-refractivity contribution in [3.63, 3.8) is 0 Å². The zero-order chi connectivity index (χ0) is 21.8. The van der Waals surface area contributed by atoms with Gasteiger partial charge >= 0.3 is 0 Å². The van der Waals surface area contributed by atoms with Crippen LogP contribution in [0.3, 0.4) is 0 Å². The summed E-state index contributed by atoms with van der Waals surface area (Å²) in [5.74, 6) is -1.01. The van der Waals surface area contributed by atoms with Gasteiger partial charge in [-0.25, -0.2) is 9.07 Å². The Morgan fingerprint density at radius 2 is 1.93 bits per heavy atom. The molecule has 0 atom stereocenters. The number of carbonyl (C=O) groups is 1.